The predicted octanol–water partition coefficient (Wildman–Crippen LogP) is 6.33. The number of benzene rings is 3. The van der Waals surface area contributed by atoms with Gasteiger partial charge in [0.15, 0.2) is 11.0 Å². The summed E-state index contributed by atoms with van der Waals surface area (Å²) in [5.41, 5.74) is 6.82. The third-order valence-electron chi connectivity index (χ3n) is 5.51. The quantitative estimate of drug-likeness (QED) is 0.427. The lowest BCUT2D eigenvalue weighted by molar-refractivity contribution is 0.105. The Morgan fingerprint density at radius 3 is 1.45 bits per heavy atom. The fourth-order valence-corrected chi connectivity index (χ4v) is 6.78. The first kappa shape index (κ1) is 22.9. The molecule has 0 N–H and O–H groups in total. The van der Waals surface area contributed by atoms with E-state index >= 15 is 0 Å². The molecule has 0 amide bonds. The monoisotopic (exact) mass is 432 g/mol. The number of ether oxygens (including phenoxy) is 1. The van der Waals surface area contributed by atoms with E-state index in [9.17, 15) is 9.59 Å². The van der Waals surface area contributed by atoms with Gasteiger partial charge in [0.25, 0.3) is 0 Å². The van der Waals surface area contributed by atoms with E-state index in [1.807, 2.05) is 90.1 Å². The second-order valence-electron chi connectivity index (χ2n) is 8.16. The summed E-state index contributed by atoms with van der Waals surface area (Å²) in [5, 5.41) is 0.661. The molecule has 0 aliphatic heterocycles. The third-order valence-corrected chi connectivity index (χ3v) is 7.62. The second-order valence-corrected chi connectivity index (χ2v) is 10.1. The average Bonchev–Trinajstić information content (AvgIpc) is 2.67. The molecule has 0 heterocycles. The van der Waals surface area contributed by atoms with Gasteiger partial charge in [0.05, 0.1) is 15.0 Å². The highest BCUT2D eigenvalue weighted by molar-refractivity contribution is 7.96. The van der Waals surface area contributed by atoms with Gasteiger partial charge in [-0.2, -0.15) is 0 Å². The van der Waals surface area contributed by atoms with Crippen LogP contribution in [-0.2, 0) is 0 Å². The highest BCUT2D eigenvalue weighted by Gasteiger charge is 2.35. The molecule has 0 atom stereocenters. The lowest BCUT2D eigenvalue weighted by Crippen LogP contribution is -2.20. The number of methoxy groups -OCH3 is 1. The average molecular weight is 433 g/mol. The van der Waals surface area contributed by atoms with Gasteiger partial charge in [-0.15, -0.1) is 0 Å². The van der Waals surface area contributed by atoms with Crippen LogP contribution in [0.15, 0.2) is 48.5 Å². The summed E-state index contributed by atoms with van der Waals surface area (Å²) >= 11 is 0. The number of carbonyl (C=O) groups is 2. The summed E-state index contributed by atoms with van der Waals surface area (Å²) in [4.78, 5) is 28.0. The Labute approximate surface area is 186 Å². The van der Waals surface area contributed by atoms with Crippen LogP contribution in [0.4, 0.5) is 0 Å². The topological polar surface area (TPSA) is 43.4 Å². The van der Waals surface area contributed by atoms with E-state index in [4.69, 9.17) is 4.74 Å². The van der Waals surface area contributed by atoms with E-state index < -0.39 is 7.92 Å². The van der Waals surface area contributed by atoms with Crippen LogP contribution >= 0.6 is 7.92 Å². The van der Waals surface area contributed by atoms with Crippen molar-refractivity contribution in [1.82, 2.24) is 0 Å². The third kappa shape index (κ3) is 4.48. The first-order valence-electron chi connectivity index (χ1n) is 10.3. The van der Waals surface area contributed by atoms with Crippen LogP contribution in [0.3, 0.4) is 0 Å². The number of carbonyl (C=O) groups excluding carboxylic acids is 2. The van der Waals surface area contributed by atoms with Crippen LogP contribution in [0.25, 0.3) is 0 Å². The highest BCUT2D eigenvalue weighted by atomic mass is 31.1. The van der Waals surface area contributed by atoms with Gasteiger partial charge in [0, 0.05) is 16.4 Å². The summed E-state index contributed by atoms with van der Waals surface area (Å²) in [6.07, 6.45) is 0. The maximum atomic E-state index is 14.0. The van der Waals surface area contributed by atoms with E-state index in [1.165, 1.54) is 0 Å². The Morgan fingerprint density at radius 1 is 0.677 bits per heavy atom. The van der Waals surface area contributed by atoms with Crippen molar-refractivity contribution in [3.8, 4) is 5.75 Å². The first-order chi connectivity index (χ1) is 14.6. The number of rotatable bonds is 6. The standard InChI is InChI=1S/C27H29O3P/c1-16-12-18(3)24(19(4)13-16)26(28)31(23-11-9-8-10-22(23)30-7)27(29)25-20(5)14-17(2)15-21(25)6/h8-15H,1-7H3. The van der Waals surface area contributed by atoms with Gasteiger partial charge in [-0.25, -0.2) is 0 Å². The predicted molar refractivity (Wildman–Crippen MR) is 130 cm³/mol. The largest absolute Gasteiger partial charge is 0.496 e. The summed E-state index contributed by atoms with van der Waals surface area (Å²) in [6, 6.07) is 15.4. The van der Waals surface area contributed by atoms with E-state index in [2.05, 4.69) is 0 Å². The molecule has 0 unspecified atom stereocenters. The summed E-state index contributed by atoms with van der Waals surface area (Å²) in [7, 11) is -0.269. The normalized spacial score (nSPS) is 11.0. The molecule has 0 fully saturated rings. The molecular weight excluding hydrogens is 403 g/mol. The van der Waals surface area contributed by atoms with Crippen LogP contribution in [-0.4, -0.2) is 18.2 Å². The van der Waals surface area contributed by atoms with Crippen molar-refractivity contribution in [1.29, 1.82) is 0 Å². The lowest BCUT2D eigenvalue weighted by Gasteiger charge is -2.22. The van der Waals surface area contributed by atoms with Crippen molar-refractivity contribution in [2.75, 3.05) is 7.11 Å². The minimum atomic E-state index is -1.84. The molecule has 3 aromatic carbocycles. The number of hydrogen-bond donors (Lipinski definition) is 0. The maximum Gasteiger partial charge on any atom is 0.197 e. The zero-order valence-corrected chi connectivity index (χ0v) is 20.2. The Morgan fingerprint density at radius 2 is 1.06 bits per heavy atom. The smallest absolute Gasteiger partial charge is 0.197 e. The molecule has 0 saturated heterocycles. The molecule has 0 saturated carbocycles. The Hall–Kier alpha value is -2.77. The van der Waals surface area contributed by atoms with Crippen LogP contribution in [0.2, 0.25) is 0 Å². The number of hydrogen-bond acceptors (Lipinski definition) is 3. The maximum absolute atomic E-state index is 14.0. The molecule has 3 aromatic rings. The molecule has 4 heteroatoms. The summed E-state index contributed by atoms with van der Waals surface area (Å²) in [6.45, 7) is 11.8. The van der Waals surface area contributed by atoms with Gasteiger partial charge >= 0.3 is 0 Å². The van der Waals surface area contributed by atoms with Gasteiger partial charge in [0.2, 0.25) is 0 Å². The minimum absolute atomic E-state index is 0.126. The van der Waals surface area contributed by atoms with Crippen LogP contribution < -0.4 is 10.0 Å². The number of aryl methyl sites for hydroxylation is 6. The van der Waals surface area contributed by atoms with E-state index in [1.54, 1.807) is 7.11 Å². The zero-order valence-electron chi connectivity index (χ0n) is 19.3. The Kier molecular flexibility index (Phi) is 6.77. The minimum Gasteiger partial charge on any atom is -0.496 e. The molecule has 0 aliphatic carbocycles. The van der Waals surface area contributed by atoms with Gasteiger partial charge in [-0.1, -0.05) is 47.5 Å². The summed E-state index contributed by atoms with van der Waals surface area (Å²) < 4.78 is 5.57. The van der Waals surface area contributed by atoms with Crippen LogP contribution in [0, 0.1) is 41.5 Å². The second kappa shape index (κ2) is 9.16. The molecule has 3 rings (SSSR count). The lowest BCUT2D eigenvalue weighted by atomic mass is 10.0. The molecular formula is C27H29O3P. The van der Waals surface area contributed by atoms with Gasteiger partial charge < -0.3 is 4.74 Å². The molecule has 0 radical (unpaired) electrons. The van der Waals surface area contributed by atoms with Crippen molar-refractivity contribution < 1.29 is 14.3 Å². The Bertz CT molecular complexity index is 1060. The van der Waals surface area contributed by atoms with Crippen LogP contribution in [0.1, 0.15) is 54.1 Å². The van der Waals surface area contributed by atoms with Crippen molar-refractivity contribution in [3.63, 3.8) is 0 Å². The van der Waals surface area contributed by atoms with Gasteiger partial charge in [0.1, 0.15) is 5.75 Å². The van der Waals surface area contributed by atoms with Crippen molar-refractivity contribution >= 4 is 24.3 Å². The fraction of sp³-hybridized carbons (Fsp3) is 0.259. The molecule has 0 bridgehead atoms. The van der Waals surface area contributed by atoms with Gasteiger partial charge in [-0.3, -0.25) is 9.59 Å². The number of para-hydroxylation sites is 1. The Balaban J connectivity index is 2.27. The van der Waals surface area contributed by atoms with E-state index in [0.717, 1.165) is 33.4 Å². The van der Waals surface area contributed by atoms with Crippen LogP contribution in [0.5, 0.6) is 5.75 Å². The molecule has 160 valence electrons. The summed E-state index contributed by atoms with van der Waals surface area (Å²) in [5.74, 6) is 0.570. The molecule has 0 spiro atoms. The zero-order chi connectivity index (χ0) is 22.9. The molecule has 31 heavy (non-hydrogen) atoms. The van der Waals surface area contributed by atoms with E-state index in [-0.39, 0.29) is 11.0 Å². The fourth-order valence-electron chi connectivity index (χ4n) is 4.38. The highest BCUT2D eigenvalue weighted by Crippen LogP contribution is 2.47. The molecule has 0 aliphatic rings. The van der Waals surface area contributed by atoms with Crippen molar-refractivity contribution in [3.05, 3.63) is 93.0 Å². The molecule has 3 nitrogen and oxygen atoms in total. The van der Waals surface area contributed by atoms with Crippen molar-refractivity contribution in [2.24, 2.45) is 0 Å². The van der Waals surface area contributed by atoms with Gasteiger partial charge in [-0.05, 0) is 75.9 Å². The SMILES string of the molecule is COc1ccccc1P(C(=O)c1c(C)cc(C)cc1C)C(=O)c1c(C)cc(C)cc1C. The van der Waals surface area contributed by atoms with E-state index in [0.29, 0.717) is 22.2 Å². The first-order valence-corrected chi connectivity index (χ1v) is 11.7. The van der Waals surface area contributed by atoms with Crippen molar-refractivity contribution in [2.45, 2.75) is 41.5 Å². The molecule has 0 aromatic heterocycles.